The van der Waals surface area contributed by atoms with Crippen LogP contribution in [-0.4, -0.2) is 39.1 Å². The Morgan fingerprint density at radius 3 is 2.68 bits per heavy atom. The Bertz CT molecular complexity index is 502. The quantitative estimate of drug-likeness (QED) is 0.929. The smallest absolute Gasteiger partial charge is 0.327 e. The number of nitrogens with zero attached hydrogens (tertiary/aromatic N) is 1. The first-order valence-electron chi connectivity index (χ1n) is 5.84. The zero-order chi connectivity index (χ0) is 14.2. The van der Waals surface area contributed by atoms with Crippen molar-refractivity contribution in [1.29, 1.82) is 0 Å². The van der Waals surface area contributed by atoms with Gasteiger partial charge in [-0.05, 0) is 29.7 Å². The highest BCUT2D eigenvalue weighted by Gasteiger charge is 2.43. The first kappa shape index (κ1) is 14.3. The van der Waals surface area contributed by atoms with E-state index in [-0.39, 0.29) is 22.3 Å². The number of amides is 1. The third-order valence-electron chi connectivity index (χ3n) is 2.91. The Balaban J connectivity index is 2.30. The summed E-state index contributed by atoms with van der Waals surface area (Å²) < 4.78 is 5.09. The third kappa shape index (κ3) is 2.74. The van der Waals surface area contributed by atoms with Gasteiger partial charge < -0.3 is 14.4 Å². The van der Waals surface area contributed by atoms with Gasteiger partial charge in [0.05, 0.1) is 5.37 Å². The summed E-state index contributed by atoms with van der Waals surface area (Å²) in [6.07, 6.45) is 0. The molecular formula is C12H14ClNO4S. The first-order chi connectivity index (χ1) is 8.91. The van der Waals surface area contributed by atoms with Gasteiger partial charge in [0.2, 0.25) is 0 Å². The maximum atomic E-state index is 12.4. The summed E-state index contributed by atoms with van der Waals surface area (Å²) in [6, 6.07) is 2.11. The number of carbonyl (C=O) groups excluding carboxylic acids is 1. The SMILES string of the molecule is CC(C)C1SCC(C(=O)O)N1C(=O)c1ccc(Cl)o1. The Morgan fingerprint density at radius 1 is 1.53 bits per heavy atom. The summed E-state index contributed by atoms with van der Waals surface area (Å²) in [5.41, 5.74) is 0. The van der Waals surface area contributed by atoms with Gasteiger partial charge in [0.15, 0.2) is 11.0 Å². The Kier molecular flexibility index (Phi) is 4.10. The Hall–Kier alpha value is -1.14. The van der Waals surface area contributed by atoms with Crippen molar-refractivity contribution < 1.29 is 19.1 Å². The van der Waals surface area contributed by atoms with E-state index in [0.717, 1.165) is 0 Å². The van der Waals surface area contributed by atoms with E-state index in [2.05, 4.69) is 0 Å². The van der Waals surface area contributed by atoms with Gasteiger partial charge in [0.1, 0.15) is 6.04 Å². The second-order valence-electron chi connectivity index (χ2n) is 4.64. The summed E-state index contributed by atoms with van der Waals surface area (Å²) in [6.45, 7) is 3.91. The zero-order valence-corrected chi connectivity index (χ0v) is 12.1. The maximum Gasteiger partial charge on any atom is 0.327 e. The van der Waals surface area contributed by atoms with E-state index in [9.17, 15) is 14.7 Å². The molecule has 2 rings (SSSR count). The number of furan rings is 1. The van der Waals surface area contributed by atoms with Crippen LogP contribution in [0.1, 0.15) is 24.4 Å². The van der Waals surface area contributed by atoms with Crippen LogP contribution in [0.2, 0.25) is 5.22 Å². The second kappa shape index (κ2) is 5.46. The average molecular weight is 304 g/mol. The Morgan fingerprint density at radius 2 is 2.21 bits per heavy atom. The van der Waals surface area contributed by atoms with Crippen molar-refractivity contribution in [2.75, 3.05) is 5.75 Å². The summed E-state index contributed by atoms with van der Waals surface area (Å²) in [5.74, 6) is -0.809. The van der Waals surface area contributed by atoms with Gasteiger partial charge in [-0.1, -0.05) is 13.8 Å². The molecule has 1 N–H and O–H groups in total. The lowest BCUT2D eigenvalue weighted by Gasteiger charge is -2.28. The number of thioether (sulfide) groups is 1. The van der Waals surface area contributed by atoms with Gasteiger partial charge in [-0.3, -0.25) is 4.79 Å². The average Bonchev–Trinajstić information content (AvgIpc) is 2.93. The molecule has 1 aromatic rings. The molecule has 0 aromatic carbocycles. The summed E-state index contributed by atoms with van der Waals surface area (Å²) >= 11 is 7.12. The number of carbonyl (C=O) groups is 2. The zero-order valence-electron chi connectivity index (χ0n) is 10.5. The van der Waals surface area contributed by atoms with Crippen LogP contribution >= 0.6 is 23.4 Å². The van der Waals surface area contributed by atoms with Crippen molar-refractivity contribution in [2.45, 2.75) is 25.3 Å². The van der Waals surface area contributed by atoms with Crippen molar-refractivity contribution in [1.82, 2.24) is 4.90 Å². The van der Waals surface area contributed by atoms with Crippen molar-refractivity contribution in [3.63, 3.8) is 0 Å². The van der Waals surface area contributed by atoms with Crippen molar-refractivity contribution >= 4 is 35.2 Å². The summed E-state index contributed by atoms with van der Waals surface area (Å²) in [4.78, 5) is 25.0. The summed E-state index contributed by atoms with van der Waals surface area (Å²) in [5, 5.41) is 9.17. The van der Waals surface area contributed by atoms with Gasteiger partial charge in [0.25, 0.3) is 5.91 Å². The molecule has 0 bridgehead atoms. The minimum absolute atomic E-state index is 0.0735. The Labute approximate surface area is 119 Å². The van der Waals surface area contributed by atoms with Crippen LogP contribution in [0.15, 0.2) is 16.5 Å². The molecule has 1 aliphatic heterocycles. The van der Waals surface area contributed by atoms with Crippen molar-refractivity contribution in [3.05, 3.63) is 23.1 Å². The van der Waals surface area contributed by atoms with Gasteiger partial charge in [0, 0.05) is 5.75 Å². The minimum Gasteiger partial charge on any atom is -0.480 e. The minimum atomic E-state index is -0.998. The van der Waals surface area contributed by atoms with Crippen LogP contribution in [0.25, 0.3) is 0 Å². The number of carboxylic acid groups (broad SMARTS) is 1. The predicted molar refractivity (Wildman–Crippen MR) is 72.4 cm³/mol. The molecule has 2 heterocycles. The monoisotopic (exact) mass is 303 g/mol. The van der Waals surface area contributed by atoms with E-state index >= 15 is 0 Å². The fraction of sp³-hybridized carbons (Fsp3) is 0.500. The highest BCUT2D eigenvalue weighted by Crippen LogP contribution is 2.35. The lowest BCUT2D eigenvalue weighted by atomic mass is 10.1. The lowest BCUT2D eigenvalue weighted by Crippen LogP contribution is -2.47. The molecule has 1 aliphatic rings. The van der Waals surface area contributed by atoms with Crippen LogP contribution in [0.3, 0.4) is 0 Å². The number of halogens is 1. The van der Waals surface area contributed by atoms with E-state index in [1.165, 1.54) is 28.8 Å². The predicted octanol–water partition coefficient (Wildman–Crippen LogP) is 2.56. The topological polar surface area (TPSA) is 70.8 Å². The fourth-order valence-electron chi connectivity index (χ4n) is 2.05. The summed E-state index contributed by atoms with van der Waals surface area (Å²) in [7, 11) is 0. The molecule has 19 heavy (non-hydrogen) atoms. The van der Waals surface area contributed by atoms with Crippen LogP contribution < -0.4 is 0 Å². The molecule has 1 saturated heterocycles. The molecule has 1 fully saturated rings. The number of rotatable bonds is 3. The number of hydrogen-bond acceptors (Lipinski definition) is 4. The standard InChI is InChI=1S/C12H14ClNO4S/c1-6(2)11-14(7(5-19-11)12(16)17)10(15)8-3-4-9(13)18-8/h3-4,6-7,11H,5H2,1-2H3,(H,16,17). The van der Waals surface area contributed by atoms with Crippen LogP contribution in [0, 0.1) is 5.92 Å². The van der Waals surface area contributed by atoms with E-state index in [1.807, 2.05) is 13.8 Å². The maximum absolute atomic E-state index is 12.4. The van der Waals surface area contributed by atoms with E-state index in [0.29, 0.717) is 5.75 Å². The van der Waals surface area contributed by atoms with E-state index in [4.69, 9.17) is 16.0 Å². The molecule has 7 heteroatoms. The number of hydrogen-bond donors (Lipinski definition) is 1. The van der Waals surface area contributed by atoms with Crippen LogP contribution in [-0.2, 0) is 4.79 Å². The molecule has 0 saturated carbocycles. The van der Waals surface area contributed by atoms with Crippen LogP contribution in [0.4, 0.5) is 0 Å². The molecule has 0 spiro atoms. The first-order valence-corrected chi connectivity index (χ1v) is 7.27. The number of carboxylic acids is 1. The third-order valence-corrected chi connectivity index (χ3v) is 4.73. The van der Waals surface area contributed by atoms with Gasteiger partial charge in [-0.2, -0.15) is 0 Å². The van der Waals surface area contributed by atoms with Gasteiger partial charge >= 0.3 is 5.97 Å². The van der Waals surface area contributed by atoms with Gasteiger partial charge in [-0.25, -0.2) is 4.79 Å². The molecule has 1 aromatic heterocycles. The molecule has 5 nitrogen and oxygen atoms in total. The second-order valence-corrected chi connectivity index (χ2v) is 6.16. The molecule has 104 valence electrons. The molecule has 2 unspecified atom stereocenters. The number of aliphatic carboxylic acids is 1. The van der Waals surface area contributed by atoms with Gasteiger partial charge in [-0.15, -0.1) is 11.8 Å². The lowest BCUT2D eigenvalue weighted by molar-refractivity contribution is -0.141. The largest absolute Gasteiger partial charge is 0.480 e. The van der Waals surface area contributed by atoms with E-state index in [1.54, 1.807) is 0 Å². The van der Waals surface area contributed by atoms with Crippen LogP contribution in [0.5, 0.6) is 0 Å². The highest BCUT2D eigenvalue weighted by molar-refractivity contribution is 8.00. The molecule has 1 amide bonds. The molecule has 0 aliphatic carbocycles. The molecular weight excluding hydrogens is 290 g/mol. The fourth-order valence-corrected chi connectivity index (χ4v) is 3.66. The highest BCUT2D eigenvalue weighted by atomic mass is 35.5. The van der Waals surface area contributed by atoms with E-state index < -0.39 is 17.9 Å². The molecule has 0 radical (unpaired) electrons. The molecule has 2 atom stereocenters. The van der Waals surface area contributed by atoms with Crippen molar-refractivity contribution in [3.8, 4) is 0 Å². The van der Waals surface area contributed by atoms with Crippen molar-refractivity contribution in [2.24, 2.45) is 5.92 Å². The normalized spacial score (nSPS) is 23.1.